The van der Waals surface area contributed by atoms with Crippen LogP contribution in [0.4, 0.5) is 0 Å². The number of hydrogen-bond acceptors (Lipinski definition) is 7. The van der Waals surface area contributed by atoms with Crippen molar-refractivity contribution in [3.05, 3.63) is 67.9 Å². The maximum atomic E-state index is 13.0. The molecular formula is C24H27N5O3S. The number of rotatable bonds is 5. The van der Waals surface area contributed by atoms with Gasteiger partial charge in [0.05, 0.1) is 16.4 Å². The van der Waals surface area contributed by atoms with Crippen molar-refractivity contribution in [3.8, 4) is 6.07 Å². The van der Waals surface area contributed by atoms with Gasteiger partial charge in [-0.2, -0.15) is 17.0 Å². The molecule has 0 radical (unpaired) electrons. The molecule has 1 aliphatic heterocycles. The second kappa shape index (κ2) is 9.24. The Hall–Kier alpha value is -3.38. The van der Waals surface area contributed by atoms with Crippen LogP contribution >= 0.6 is 11.8 Å². The number of nitrogens with two attached hydrogens (primary N) is 2. The van der Waals surface area contributed by atoms with Crippen LogP contribution in [0.2, 0.25) is 0 Å². The van der Waals surface area contributed by atoms with Gasteiger partial charge in [0, 0.05) is 25.0 Å². The molecule has 2 heterocycles. The number of carbonyl (C=O) groups excluding carboxylic acids is 1. The second-order valence-corrected chi connectivity index (χ2v) is 9.92. The van der Waals surface area contributed by atoms with Crippen molar-refractivity contribution in [1.82, 2.24) is 9.88 Å². The Kier molecular flexibility index (Phi) is 6.38. The fourth-order valence-electron chi connectivity index (χ4n) is 4.20. The monoisotopic (exact) mass is 465 g/mol. The highest BCUT2D eigenvalue weighted by Crippen LogP contribution is 2.56. The van der Waals surface area contributed by atoms with Crippen molar-refractivity contribution in [1.29, 1.82) is 5.26 Å². The van der Waals surface area contributed by atoms with Crippen LogP contribution in [0, 0.1) is 11.3 Å². The van der Waals surface area contributed by atoms with Crippen molar-refractivity contribution < 1.29 is 9.53 Å². The number of aromatic nitrogens is 1. The fourth-order valence-corrected chi connectivity index (χ4v) is 5.66. The minimum atomic E-state index is -0.519. The van der Waals surface area contributed by atoms with Crippen LogP contribution in [0.1, 0.15) is 47.2 Å². The summed E-state index contributed by atoms with van der Waals surface area (Å²) in [6.07, 6.45) is 5.56. The molecular weight excluding hydrogens is 438 g/mol. The zero-order chi connectivity index (χ0) is 23.6. The molecule has 1 saturated heterocycles. The van der Waals surface area contributed by atoms with E-state index in [2.05, 4.69) is 5.32 Å². The molecule has 1 amide bonds. The third-order valence-electron chi connectivity index (χ3n) is 6.24. The normalized spacial score (nSPS) is 20.1. The van der Waals surface area contributed by atoms with Crippen LogP contribution in [-0.4, -0.2) is 27.1 Å². The maximum Gasteiger partial charge on any atom is 0.263 e. The summed E-state index contributed by atoms with van der Waals surface area (Å²) in [5, 5.41) is 12.5. The van der Waals surface area contributed by atoms with E-state index in [-0.39, 0.29) is 28.8 Å². The number of ether oxygens (including phenoxy) is 1. The van der Waals surface area contributed by atoms with Crippen molar-refractivity contribution in [2.75, 3.05) is 5.75 Å². The lowest BCUT2D eigenvalue weighted by Crippen LogP contribution is -2.49. The van der Waals surface area contributed by atoms with Gasteiger partial charge in [0.2, 0.25) is 5.88 Å². The number of amides is 1. The van der Waals surface area contributed by atoms with Gasteiger partial charge in [-0.1, -0.05) is 12.1 Å². The van der Waals surface area contributed by atoms with Crippen LogP contribution < -0.4 is 32.9 Å². The highest BCUT2D eigenvalue weighted by Gasteiger charge is 2.53. The molecule has 1 atom stereocenters. The highest BCUT2D eigenvalue weighted by molar-refractivity contribution is 8.01. The summed E-state index contributed by atoms with van der Waals surface area (Å²) < 4.78 is 7.63. The van der Waals surface area contributed by atoms with Crippen molar-refractivity contribution in [2.45, 2.75) is 43.1 Å². The van der Waals surface area contributed by atoms with Gasteiger partial charge in [0.15, 0.2) is 0 Å². The molecule has 1 aromatic carbocycles. The summed E-state index contributed by atoms with van der Waals surface area (Å²) in [4.78, 5) is 25.8. The van der Waals surface area contributed by atoms with E-state index in [1.54, 1.807) is 31.3 Å². The molecule has 1 saturated carbocycles. The smallest absolute Gasteiger partial charge is 0.263 e. The Morgan fingerprint density at radius 1 is 1.39 bits per heavy atom. The van der Waals surface area contributed by atoms with Gasteiger partial charge in [0.25, 0.3) is 11.5 Å². The Balaban J connectivity index is 1.60. The van der Waals surface area contributed by atoms with Gasteiger partial charge >= 0.3 is 0 Å². The summed E-state index contributed by atoms with van der Waals surface area (Å²) in [6, 6.07) is 10.3. The van der Waals surface area contributed by atoms with Crippen LogP contribution in [-0.2, 0) is 18.3 Å². The Bertz CT molecular complexity index is 1290. The lowest BCUT2D eigenvalue weighted by atomic mass is 10.1. The molecule has 1 aromatic heterocycles. The van der Waals surface area contributed by atoms with Gasteiger partial charge in [-0.15, -0.1) is 0 Å². The molecule has 2 fully saturated rings. The molecule has 33 heavy (non-hydrogen) atoms. The van der Waals surface area contributed by atoms with E-state index in [4.69, 9.17) is 21.5 Å². The van der Waals surface area contributed by atoms with E-state index in [1.165, 1.54) is 16.8 Å². The SMILES string of the molecule is Cn1c(=O)c(C(=O)NCc2ccc(C#N)cc2)cc(=C/N)/c1=C(\N)OC1CCCSC12CC2. The summed E-state index contributed by atoms with van der Waals surface area (Å²) in [5.41, 5.74) is 13.0. The molecule has 5 N–H and O–H groups in total. The molecule has 2 aromatic rings. The average Bonchev–Trinajstić information content (AvgIpc) is 3.60. The highest BCUT2D eigenvalue weighted by atomic mass is 32.2. The van der Waals surface area contributed by atoms with Gasteiger partial charge in [-0.05, 0) is 55.2 Å². The number of nitriles is 1. The molecule has 4 rings (SSSR count). The maximum absolute atomic E-state index is 13.0. The van der Waals surface area contributed by atoms with E-state index in [9.17, 15) is 9.59 Å². The van der Waals surface area contributed by atoms with Gasteiger partial charge in [-0.3, -0.25) is 9.59 Å². The first-order chi connectivity index (χ1) is 15.9. The third-order valence-corrected chi connectivity index (χ3v) is 7.98. The quantitative estimate of drug-likeness (QED) is 0.580. The first-order valence-electron chi connectivity index (χ1n) is 10.9. The van der Waals surface area contributed by atoms with E-state index >= 15 is 0 Å². The summed E-state index contributed by atoms with van der Waals surface area (Å²) >= 11 is 1.94. The van der Waals surface area contributed by atoms with Gasteiger partial charge < -0.3 is 26.1 Å². The third kappa shape index (κ3) is 4.57. The number of thioether (sulfide) groups is 1. The van der Waals surface area contributed by atoms with Crippen LogP contribution in [0.25, 0.3) is 12.1 Å². The standard InChI is InChI=1S/C24H27N5O3S/c1-29-20(21(27)32-19-3-2-10-33-24(19)8-9-24)17(13-26)11-18(23(29)31)22(30)28-14-16-6-4-15(12-25)5-7-16/h4-7,11,13,19H,2-3,8-10,14,26-27H2,1H3,(H,28,30)/b17-13-,21-20-. The number of pyridine rings is 1. The Morgan fingerprint density at radius 3 is 2.76 bits per heavy atom. The molecule has 8 nitrogen and oxygen atoms in total. The molecule has 172 valence electrons. The molecule has 1 aliphatic carbocycles. The van der Waals surface area contributed by atoms with Crippen LogP contribution in [0.5, 0.6) is 0 Å². The van der Waals surface area contributed by atoms with E-state index in [0.717, 1.165) is 37.0 Å². The molecule has 2 aliphatic rings. The van der Waals surface area contributed by atoms with E-state index in [1.807, 2.05) is 17.8 Å². The van der Waals surface area contributed by atoms with Crippen molar-refractivity contribution in [3.63, 3.8) is 0 Å². The number of benzene rings is 1. The number of carbonyl (C=O) groups is 1. The predicted octanol–water partition coefficient (Wildman–Crippen LogP) is 0.353. The first kappa shape index (κ1) is 22.8. The van der Waals surface area contributed by atoms with Crippen LogP contribution in [0.3, 0.4) is 0 Å². The molecule has 1 unspecified atom stereocenters. The largest absolute Gasteiger partial charge is 0.473 e. The number of nitrogens with zero attached hydrogens (tertiary/aromatic N) is 2. The molecule has 9 heteroatoms. The topological polar surface area (TPSA) is 136 Å². The minimum Gasteiger partial charge on any atom is -0.473 e. The lowest BCUT2D eigenvalue weighted by molar-refractivity contribution is 0.0948. The Labute approximate surface area is 195 Å². The van der Waals surface area contributed by atoms with E-state index in [0.29, 0.717) is 16.1 Å². The zero-order valence-electron chi connectivity index (χ0n) is 18.5. The summed E-state index contributed by atoms with van der Waals surface area (Å²) in [5.74, 6) is 0.760. The average molecular weight is 466 g/mol. The van der Waals surface area contributed by atoms with Crippen molar-refractivity contribution >= 4 is 29.8 Å². The zero-order valence-corrected chi connectivity index (χ0v) is 19.3. The van der Waals surface area contributed by atoms with E-state index < -0.39 is 11.5 Å². The molecule has 0 bridgehead atoms. The van der Waals surface area contributed by atoms with Crippen LogP contribution in [0.15, 0.2) is 35.1 Å². The predicted molar refractivity (Wildman–Crippen MR) is 128 cm³/mol. The minimum absolute atomic E-state index is 0.00683. The fraction of sp³-hybridized carbons (Fsp3) is 0.375. The summed E-state index contributed by atoms with van der Waals surface area (Å²) in [6.45, 7) is 0.218. The van der Waals surface area contributed by atoms with Gasteiger partial charge in [0.1, 0.15) is 17.0 Å². The molecule has 1 spiro atoms. The lowest BCUT2D eigenvalue weighted by Gasteiger charge is -2.31. The number of nitrogens with one attached hydrogen (secondary N) is 1. The summed E-state index contributed by atoms with van der Waals surface area (Å²) in [7, 11) is 1.56. The number of hydrogen-bond donors (Lipinski definition) is 3. The van der Waals surface area contributed by atoms with Crippen molar-refractivity contribution in [2.24, 2.45) is 18.5 Å². The van der Waals surface area contributed by atoms with Gasteiger partial charge in [-0.25, -0.2) is 0 Å². The Morgan fingerprint density at radius 2 is 2.12 bits per heavy atom. The first-order valence-corrected chi connectivity index (χ1v) is 11.9. The second-order valence-electron chi connectivity index (χ2n) is 8.41.